The lowest BCUT2D eigenvalue weighted by Gasteiger charge is -2.04. The van der Waals surface area contributed by atoms with E-state index in [0.717, 1.165) is 24.3 Å². The van der Waals surface area contributed by atoms with Crippen molar-refractivity contribution in [2.45, 2.75) is 33.5 Å². The highest BCUT2D eigenvalue weighted by atomic mass is 35.5. The fourth-order valence-corrected chi connectivity index (χ4v) is 2.00. The Balaban J connectivity index is 0.00000220. The molecule has 1 aromatic heterocycles. The van der Waals surface area contributed by atoms with E-state index in [-0.39, 0.29) is 12.4 Å². The van der Waals surface area contributed by atoms with Crippen molar-refractivity contribution in [3.63, 3.8) is 0 Å². The average Bonchev–Trinajstić information content (AvgIpc) is 2.80. The minimum atomic E-state index is -0.896. The molecule has 0 atom stereocenters. The molecule has 21 heavy (non-hydrogen) atoms. The van der Waals surface area contributed by atoms with Crippen molar-refractivity contribution in [3.05, 3.63) is 52.8 Å². The van der Waals surface area contributed by atoms with Crippen molar-refractivity contribution in [3.8, 4) is 0 Å². The predicted octanol–water partition coefficient (Wildman–Crippen LogP) is 2.62. The number of rotatable bonds is 6. The van der Waals surface area contributed by atoms with Crippen LogP contribution in [-0.2, 0) is 19.6 Å². The zero-order valence-corrected chi connectivity index (χ0v) is 13.0. The smallest absolute Gasteiger partial charge is 0.335 e. The van der Waals surface area contributed by atoms with Crippen LogP contribution in [0.3, 0.4) is 0 Å². The predicted molar refractivity (Wildman–Crippen MR) is 83.8 cm³/mol. The SMILES string of the molecule is CCn1cc(CNCc2ccc(C(=O)O)cc2)c(C)n1.Cl. The number of carboxylic acids is 1. The van der Waals surface area contributed by atoms with Crippen molar-refractivity contribution < 1.29 is 9.90 Å². The van der Waals surface area contributed by atoms with Gasteiger partial charge in [0.05, 0.1) is 11.3 Å². The highest BCUT2D eigenvalue weighted by Gasteiger charge is 2.04. The van der Waals surface area contributed by atoms with Gasteiger partial charge in [0.25, 0.3) is 0 Å². The molecule has 0 aliphatic carbocycles. The molecule has 0 radical (unpaired) electrons. The van der Waals surface area contributed by atoms with E-state index in [9.17, 15) is 4.79 Å². The molecule has 0 unspecified atom stereocenters. The molecule has 1 aromatic carbocycles. The van der Waals surface area contributed by atoms with Crippen molar-refractivity contribution >= 4 is 18.4 Å². The van der Waals surface area contributed by atoms with Crippen LogP contribution < -0.4 is 5.32 Å². The van der Waals surface area contributed by atoms with Gasteiger partial charge in [0, 0.05) is 31.4 Å². The molecule has 0 saturated carbocycles. The van der Waals surface area contributed by atoms with Gasteiger partial charge in [-0.3, -0.25) is 4.68 Å². The maximum Gasteiger partial charge on any atom is 0.335 e. The third kappa shape index (κ3) is 4.58. The van der Waals surface area contributed by atoms with Gasteiger partial charge in [-0.25, -0.2) is 4.79 Å². The first-order valence-corrected chi connectivity index (χ1v) is 6.66. The second kappa shape index (κ2) is 7.81. The first-order chi connectivity index (χ1) is 9.60. The van der Waals surface area contributed by atoms with Crippen LogP contribution in [0, 0.1) is 6.92 Å². The largest absolute Gasteiger partial charge is 0.478 e. The van der Waals surface area contributed by atoms with Crippen molar-refractivity contribution in [1.29, 1.82) is 0 Å². The molecule has 2 rings (SSSR count). The van der Waals surface area contributed by atoms with E-state index in [1.165, 1.54) is 5.56 Å². The Bertz CT molecular complexity index is 593. The lowest BCUT2D eigenvalue weighted by atomic mass is 10.1. The van der Waals surface area contributed by atoms with Crippen molar-refractivity contribution in [1.82, 2.24) is 15.1 Å². The van der Waals surface area contributed by atoms with E-state index in [0.29, 0.717) is 12.1 Å². The van der Waals surface area contributed by atoms with Crippen LogP contribution in [0.5, 0.6) is 0 Å². The summed E-state index contributed by atoms with van der Waals surface area (Å²) < 4.78 is 1.92. The molecule has 5 nitrogen and oxygen atoms in total. The average molecular weight is 310 g/mol. The Morgan fingerprint density at radius 3 is 2.48 bits per heavy atom. The summed E-state index contributed by atoms with van der Waals surface area (Å²) in [5, 5.41) is 16.6. The zero-order valence-electron chi connectivity index (χ0n) is 12.2. The maximum absolute atomic E-state index is 10.8. The van der Waals surface area contributed by atoms with Gasteiger partial charge in [0.2, 0.25) is 0 Å². The number of carboxylic acid groups (broad SMARTS) is 1. The number of benzene rings is 1. The summed E-state index contributed by atoms with van der Waals surface area (Å²) in [6, 6.07) is 6.91. The van der Waals surface area contributed by atoms with E-state index < -0.39 is 5.97 Å². The molecule has 0 aliphatic rings. The number of aryl methyl sites for hydroxylation is 2. The minimum absolute atomic E-state index is 0. The third-order valence-corrected chi connectivity index (χ3v) is 3.22. The van der Waals surface area contributed by atoms with Gasteiger partial charge in [0.15, 0.2) is 0 Å². The summed E-state index contributed by atoms with van der Waals surface area (Å²) in [4.78, 5) is 10.8. The van der Waals surface area contributed by atoms with Gasteiger partial charge < -0.3 is 10.4 Å². The zero-order chi connectivity index (χ0) is 14.5. The van der Waals surface area contributed by atoms with Crippen LogP contribution in [0.25, 0.3) is 0 Å². The molecule has 0 bridgehead atoms. The molecular weight excluding hydrogens is 290 g/mol. The highest BCUT2D eigenvalue weighted by molar-refractivity contribution is 5.87. The van der Waals surface area contributed by atoms with Crippen LogP contribution >= 0.6 is 12.4 Å². The number of hydrogen-bond acceptors (Lipinski definition) is 3. The Labute approximate surface area is 130 Å². The van der Waals surface area contributed by atoms with E-state index in [1.807, 2.05) is 23.7 Å². The van der Waals surface area contributed by atoms with Crippen molar-refractivity contribution in [2.24, 2.45) is 0 Å². The molecule has 114 valence electrons. The van der Waals surface area contributed by atoms with Gasteiger partial charge in [-0.1, -0.05) is 12.1 Å². The van der Waals surface area contributed by atoms with Gasteiger partial charge in [-0.15, -0.1) is 12.4 Å². The molecule has 0 fully saturated rings. The van der Waals surface area contributed by atoms with E-state index in [4.69, 9.17) is 5.11 Å². The van der Waals surface area contributed by atoms with Gasteiger partial charge >= 0.3 is 5.97 Å². The summed E-state index contributed by atoms with van der Waals surface area (Å²) in [5.41, 5.74) is 3.61. The molecule has 0 saturated heterocycles. The lowest BCUT2D eigenvalue weighted by Crippen LogP contribution is -2.13. The second-order valence-electron chi connectivity index (χ2n) is 4.70. The van der Waals surface area contributed by atoms with Gasteiger partial charge in [-0.05, 0) is 31.5 Å². The second-order valence-corrected chi connectivity index (χ2v) is 4.70. The fourth-order valence-electron chi connectivity index (χ4n) is 2.00. The maximum atomic E-state index is 10.8. The first-order valence-electron chi connectivity index (χ1n) is 6.66. The summed E-state index contributed by atoms with van der Waals surface area (Å²) in [7, 11) is 0. The van der Waals surface area contributed by atoms with E-state index in [2.05, 4.69) is 23.5 Å². The molecule has 1 heterocycles. The van der Waals surface area contributed by atoms with Gasteiger partial charge in [-0.2, -0.15) is 5.10 Å². The molecule has 2 aromatic rings. The monoisotopic (exact) mass is 309 g/mol. The summed E-state index contributed by atoms with van der Waals surface area (Å²) >= 11 is 0. The Morgan fingerprint density at radius 2 is 1.95 bits per heavy atom. The van der Waals surface area contributed by atoms with Crippen LogP contribution in [-0.4, -0.2) is 20.9 Å². The Morgan fingerprint density at radius 1 is 1.29 bits per heavy atom. The minimum Gasteiger partial charge on any atom is -0.478 e. The number of aromatic nitrogens is 2. The van der Waals surface area contributed by atoms with E-state index in [1.54, 1.807) is 12.1 Å². The number of halogens is 1. The number of carbonyl (C=O) groups is 1. The summed E-state index contributed by atoms with van der Waals surface area (Å²) in [6.45, 7) is 6.40. The number of hydrogen-bond donors (Lipinski definition) is 2. The molecule has 2 N–H and O–H groups in total. The van der Waals surface area contributed by atoms with Crippen LogP contribution in [0.15, 0.2) is 30.5 Å². The summed E-state index contributed by atoms with van der Waals surface area (Å²) in [6.07, 6.45) is 2.05. The van der Waals surface area contributed by atoms with Crippen molar-refractivity contribution in [2.75, 3.05) is 0 Å². The molecule has 0 spiro atoms. The number of nitrogens with one attached hydrogen (secondary N) is 1. The molecule has 6 heteroatoms. The highest BCUT2D eigenvalue weighted by Crippen LogP contribution is 2.07. The van der Waals surface area contributed by atoms with Crippen LogP contribution in [0.4, 0.5) is 0 Å². The molecule has 0 aliphatic heterocycles. The standard InChI is InChI=1S/C15H19N3O2.ClH/c1-3-18-10-14(11(2)17-18)9-16-8-12-4-6-13(7-5-12)15(19)20;/h4-7,10,16H,3,8-9H2,1-2H3,(H,19,20);1H. The quantitative estimate of drug-likeness (QED) is 0.861. The van der Waals surface area contributed by atoms with Crippen LogP contribution in [0.1, 0.15) is 34.1 Å². The number of nitrogens with zero attached hydrogens (tertiary/aromatic N) is 2. The van der Waals surface area contributed by atoms with Gasteiger partial charge in [0.1, 0.15) is 0 Å². The fraction of sp³-hybridized carbons (Fsp3) is 0.333. The first kappa shape index (κ1) is 17.2. The number of aromatic carboxylic acids is 1. The Hall–Kier alpha value is -1.85. The molecular formula is C15H20ClN3O2. The third-order valence-electron chi connectivity index (χ3n) is 3.22. The Kier molecular flexibility index (Phi) is 6.39. The lowest BCUT2D eigenvalue weighted by molar-refractivity contribution is 0.0697. The topological polar surface area (TPSA) is 67.2 Å². The summed E-state index contributed by atoms with van der Waals surface area (Å²) in [5.74, 6) is -0.896. The van der Waals surface area contributed by atoms with Crippen LogP contribution in [0.2, 0.25) is 0 Å². The molecule has 0 amide bonds. The normalized spacial score (nSPS) is 10.2. The van der Waals surface area contributed by atoms with E-state index >= 15 is 0 Å².